The molecule has 242 valence electrons. The van der Waals surface area contributed by atoms with E-state index >= 15 is 0 Å². The van der Waals surface area contributed by atoms with Crippen LogP contribution in [0.1, 0.15) is 41.0 Å². The number of nitrogens with one attached hydrogen (secondary N) is 2. The summed E-state index contributed by atoms with van der Waals surface area (Å²) >= 11 is 0. The summed E-state index contributed by atoms with van der Waals surface area (Å²) in [5, 5.41) is 17.7. The molecule has 14 heteroatoms. The zero-order valence-electron chi connectivity index (χ0n) is 25.3. The van der Waals surface area contributed by atoms with E-state index in [-0.39, 0.29) is 56.7 Å². The summed E-state index contributed by atoms with van der Waals surface area (Å²) in [5.74, 6) is -3.14. The van der Waals surface area contributed by atoms with Gasteiger partial charge in [0.1, 0.15) is 17.7 Å². The SMILES string of the molecule is COC(=O)CNC(=O)Cc1ccc(CN(C(=O)C(c2ccccc2)c2ccccc2)[C@H](CCCNC(N)=N[N+](=O)[O-])C(N)=O)cc1. The van der Waals surface area contributed by atoms with Crippen LogP contribution in [0.3, 0.4) is 0 Å². The third kappa shape index (κ3) is 10.7. The molecule has 1 atom stereocenters. The maximum atomic E-state index is 14.5. The molecule has 14 nitrogen and oxygen atoms in total. The molecule has 3 amide bonds. The lowest BCUT2D eigenvalue weighted by Gasteiger charge is -2.33. The Morgan fingerprint density at radius 1 is 0.891 bits per heavy atom. The Balaban J connectivity index is 1.90. The fourth-order valence-corrected chi connectivity index (χ4v) is 4.81. The van der Waals surface area contributed by atoms with Gasteiger partial charge in [0.05, 0.1) is 19.4 Å². The molecule has 6 N–H and O–H groups in total. The van der Waals surface area contributed by atoms with Gasteiger partial charge >= 0.3 is 5.97 Å². The summed E-state index contributed by atoms with van der Waals surface area (Å²) in [7, 11) is 1.23. The highest BCUT2D eigenvalue weighted by atomic mass is 16.7. The minimum atomic E-state index is -1.04. The number of rotatable bonds is 16. The molecule has 0 saturated heterocycles. The number of methoxy groups -OCH3 is 1. The molecule has 46 heavy (non-hydrogen) atoms. The molecule has 0 saturated carbocycles. The van der Waals surface area contributed by atoms with Crippen molar-refractivity contribution in [2.45, 2.75) is 37.8 Å². The molecule has 3 aromatic rings. The van der Waals surface area contributed by atoms with Crippen LogP contribution in [0.4, 0.5) is 0 Å². The highest BCUT2D eigenvalue weighted by Crippen LogP contribution is 2.29. The van der Waals surface area contributed by atoms with Gasteiger partial charge in [0.2, 0.25) is 17.7 Å². The number of nitrogens with zero attached hydrogens (tertiary/aromatic N) is 3. The van der Waals surface area contributed by atoms with E-state index in [1.165, 1.54) is 12.0 Å². The van der Waals surface area contributed by atoms with Crippen molar-refractivity contribution in [3.8, 4) is 0 Å². The molecule has 0 aliphatic rings. The van der Waals surface area contributed by atoms with Crippen LogP contribution in [-0.4, -0.2) is 65.8 Å². The summed E-state index contributed by atoms with van der Waals surface area (Å²) in [5.41, 5.74) is 14.2. The summed E-state index contributed by atoms with van der Waals surface area (Å²) < 4.78 is 4.53. The van der Waals surface area contributed by atoms with Gasteiger partial charge in [0.15, 0.2) is 5.03 Å². The number of primary amides is 1. The third-order valence-corrected chi connectivity index (χ3v) is 7.05. The van der Waals surface area contributed by atoms with E-state index in [1.54, 1.807) is 24.3 Å². The summed E-state index contributed by atoms with van der Waals surface area (Å²) in [6, 6.07) is 24.3. The van der Waals surface area contributed by atoms with Gasteiger partial charge in [-0.15, -0.1) is 0 Å². The molecule has 0 unspecified atom stereocenters. The van der Waals surface area contributed by atoms with Crippen LogP contribution in [0.15, 0.2) is 90.0 Å². The van der Waals surface area contributed by atoms with Gasteiger partial charge in [0, 0.05) is 13.1 Å². The molecule has 0 aromatic heterocycles. The van der Waals surface area contributed by atoms with Gasteiger partial charge in [-0.05, 0) is 35.1 Å². The van der Waals surface area contributed by atoms with Gasteiger partial charge in [-0.25, -0.2) is 10.1 Å². The van der Waals surface area contributed by atoms with Gasteiger partial charge in [-0.1, -0.05) is 84.9 Å². The zero-order valence-corrected chi connectivity index (χ0v) is 25.3. The second-order valence-electron chi connectivity index (χ2n) is 10.3. The number of nitrogens with two attached hydrogens (primary N) is 2. The third-order valence-electron chi connectivity index (χ3n) is 7.05. The highest BCUT2D eigenvalue weighted by Gasteiger charge is 2.34. The van der Waals surface area contributed by atoms with E-state index in [2.05, 4.69) is 20.5 Å². The fourth-order valence-electron chi connectivity index (χ4n) is 4.81. The Bertz CT molecular complexity index is 1480. The lowest BCUT2D eigenvalue weighted by Crippen LogP contribution is -2.49. The van der Waals surface area contributed by atoms with Crippen molar-refractivity contribution >= 4 is 29.7 Å². The van der Waals surface area contributed by atoms with Gasteiger partial charge < -0.3 is 31.7 Å². The van der Waals surface area contributed by atoms with Crippen LogP contribution in [0, 0.1) is 10.1 Å². The maximum absolute atomic E-state index is 14.5. The van der Waals surface area contributed by atoms with Crippen LogP contribution in [0.2, 0.25) is 0 Å². The van der Waals surface area contributed by atoms with Crippen LogP contribution in [0.5, 0.6) is 0 Å². The highest BCUT2D eigenvalue weighted by molar-refractivity contribution is 5.92. The Morgan fingerprint density at radius 3 is 1.98 bits per heavy atom. The lowest BCUT2D eigenvalue weighted by atomic mass is 9.89. The molecule has 0 aliphatic heterocycles. The number of hydrazone groups is 1. The number of carbonyl (C=O) groups excluding carboxylic acids is 4. The van der Waals surface area contributed by atoms with Crippen molar-refractivity contribution in [3.63, 3.8) is 0 Å². The largest absolute Gasteiger partial charge is 0.468 e. The molecular weight excluding hydrogens is 594 g/mol. The zero-order chi connectivity index (χ0) is 33.5. The van der Waals surface area contributed by atoms with E-state index in [4.69, 9.17) is 11.5 Å². The molecule has 0 aliphatic carbocycles. The van der Waals surface area contributed by atoms with Crippen molar-refractivity contribution < 1.29 is 28.9 Å². The monoisotopic (exact) mass is 631 g/mol. The number of hydrogen-bond acceptors (Lipinski definition) is 7. The lowest BCUT2D eigenvalue weighted by molar-refractivity contribution is -0.485. The number of esters is 1. The van der Waals surface area contributed by atoms with Crippen LogP contribution in [-0.2, 0) is 36.9 Å². The Morgan fingerprint density at radius 2 is 1.46 bits per heavy atom. The number of hydrogen-bond donors (Lipinski definition) is 4. The first kappa shape index (κ1) is 34.7. The Labute approximate surface area is 265 Å². The number of ether oxygens (including phenoxy) is 1. The summed E-state index contributed by atoms with van der Waals surface area (Å²) in [4.78, 5) is 63.0. The van der Waals surface area contributed by atoms with Crippen molar-refractivity contribution in [1.82, 2.24) is 15.5 Å². The first-order valence-corrected chi connectivity index (χ1v) is 14.4. The second kappa shape index (κ2) is 17.5. The van der Waals surface area contributed by atoms with Gasteiger partial charge in [-0.3, -0.25) is 19.2 Å². The number of nitro groups is 1. The predicted molar refractivity (Wildman–Crippen MR) is 169 cm³/mol. The van der Waals surface area contributed by atoms with E-state index in [0.717, 1.165) is 11.1 Å². The molecule has 3 rings (SSSR count). The normalized spacial score (nSPS) is 11.7. The molecule has 3 aromatic carbocycles. The van der Waals surface area contributed by atoms with E-state index < -0.39 is 28.9 Å². The topological polar surface area (TPSA) is 212 Å². The fraction of sp³-hybridized carbons (Fsp3) is 0.281. The predicted octanol–water partition coefficient (Wildman–Crippen LogP) is 1.41. The molecule has 0 bridgehead atoms. The van der Waals surface area contributed by atoms with Crippen molar-refractivity contribution in [2.24, 2.45) is 16.6 Å². The molecule has 0 fully saturated rings. The maximum Gasteiger partial charge on any atom is 0.325 e. The van der Waals surface area contributed by atoms with Crippen molar-refractivity contribution in [1.29, 1.82) is 0 Å². The smallest absolute Gasteiger partial charge is 0.325 e. The van der Waals surface area contributed by atoms with E-state index in [1.807, 2.05) is 60.7 Å². The number of benzene rings is 3. The van der Waals surface area contributed by atoms with E-state index in [9.17, 15) is 29.3 Å². The average molecular weight is 632 g/mol. The van der Waals surface area contributed by atoms with E-state index in [0.29, 0.717) is 11.1 Å². The Hall–Kier alpha value is -5.79. The minimum absolute atomic E-state index is 0.0177. The number of carbonyl (C=O) groups is 4. The van der Waals surface area contributed by atoms with Crippen LogP contribution in [0.25, 0.3) is 0 Å². The van der Waals surface area contributed by atoms with Crippen LogP contribution >= 0.6 is 0 Å². The second-order valence-corrected chi connectivity index (χ2v) is 10.3. The van der Waals surface area contributed by atoms with Crippen molar-refractivity contribution in [2.75, 3.05) is 20.2 Å². The Kier molecular flexibility index (Phi) is 13.2. The molecule has 0 radical (unpaired) electrons. The summed E-state index contributed by atoms with van der Waals surface area (Å²) in [6.07, 6.45) is 0.435. The van der Waals surface area contributed by atoms with Gasteiger partial charge in [-0.2, -0.15) is 0 Å². The first-order chi connectivity index (χ1) is 22.1. The first-order valence-electron chi connectivity index (χ1n) is 14.4. The van der Waals surface area contributed by atoms with Gasteiger partial charge in [0.25, 0.3) is 5.96 Å². The van der Waals surface area contributed by atoms with Crippen LogP contribution < -0.4 is 22.1 Å². The molecule has 0 heterocycles. The average Bonchev–Trinajstić information content (AvgIpc) is 3.04. The molecular formula is C32H37N7O7. The quantitative estimate of drug-likeness (QED) is 0.0449. The number of guanidine groups is 1. The number of amides is 3. The molecule has 0 spiro atoms. The summed E-state index contributed by atoms with van der Waals surface area (Å²) in [6.45, 7) is -0.0775. The van der Waals surface area contributed by atoms with Crippen molar-refractivity contribution in [3.05, 3.63) is 117 Å². The minimum Gasteiger partial charge on any atom is -0.468 e. The standard InChI is InChI=1S/C32H37N7O7/c1-46-28(41)20-36-27(40)19-22-14-16-23(17-15-22)21-38(26(30(33)42)13-8-18-35-32(34)37-39(44)45)31(43)29(24-9-4-2-5-10-24)25-11-6-3-7-12-25/h2-7,9-12,14-17,26,29H,8,13,18-21H2,1H3,(H2,33,42)(H,36,40)(H3,34,35,37)/t26-/m1/s1.